The van der Waals surface area contributed by atoms with E-state index in [0.717, 1.165) is 18.5 Å². The normalized spacial score (nSPS) is 11.6. The molecule has 0 saturated carbocycles. The number of likely N-dealkylation sites (N-methyl/N-ethyl adjacent to an activating group) is 1. The van der Waals surface area contributed by atoms with Crippen molar-refractivity contribution in [2.75, 3.05) is 14.1 Å². The summed E-state index contributed by atoms with van der Waals surface area (Å²) in [6.07, 6.45) is 3.87. The first-order valence-corrected chi connectivity index (χ1v) is 8.21. The molecular formula is C19H27N3O. The minimum Gasteiger partial charge on any atom is -0.347 e. The molecule has 0 N–H and O–H groups in total. The lowest BCUT2D eigenvalue weighted by atomic mass is 9.99. The van der Waals surface area contributed by atoms with Crippen molar-refractivity contribution in [2.24, 2.45) is 0 Å². The van der Waals surface area contributed by atoms with Gasteiger partial charge in [-0.15, -0.1) is 0 Å². The average Bonchev–Trinajstić information content (AvgIpc) is 2.98. The third-order valence-corrected chi connectivity index (χ3v) is 4.33. The highest BCUT2D eigenvalue weighted by Gasteiger charge is 2.33. The van der Waals surface area contributed by atoms with Gasteiger partial charge in [0.05, 0.1) is 5.69 Å². The maximum Gasteiger partial charge on any atom is 0.249 e. The van der Waals surface area contributed by atoms with E-state index >= 15 is 0 Å². The van der Waals surface area contributed by atoms with Crippen molar-refractivity contribution in [2.45, 2.75) is 46.1 Å². The average molecular weight is 313 g/mol. The largest absolute Gasteiger partial charge is 0.347 e. The predicted octanol–water partition coefficient (Wildman–Crippen LogP) is 3.50. The fraction of sp³-hybridized carbons (Fsp3) is 0.474. The molecular weight excluding hydrogens is 286 g/mol. The molecule has 0 radical (unpaired) electrons. The van der Waals surface area contributed by atoms with Gasteiger partial charge >= 0.3 is 0 Å². The Balaban J connectivity index is 2.56. The number of benzene rings is 1. The fourth-order valence-corrected chi connectivity index (χ4v) is 2.89. The quantitative estimate of drug-likeness (QED) is 0.847. The van der Waals surface area contributed by atoms with Crippen LogP contribution in [-0.4, -0.2) is 34.7 Å². The minimum absolute atomic E-state index is 0.0398. The van der Waals surface area contributed by atoms with Crippen LogP contribution in [0.4, 0.5) is 0 Å². The number of amides is 1. The number of rotatable bonds is 5. The second kappa shape index (κ2) is 6.57. The number of nitrogens with zero attached hydrogens (tertiary/aromatic N) is 3. The molecule has 0 aliphatic rings. The Morgan fingerprint density at radius 1 is 1.13 bits per heavy atom. The lowest BCUT2D eigenvalue weighted by molar-refractivity contribution is -0.137. The van der Waals surface area contributed by atoms with Gasteiger partial charge in [-0.3, -0.25) is 9.48 Å². The molecule has 0 aliphatic carbocycles. The van der Waals surface area contributed by atoms with E-state index in [1.54, 1.807) is 19.0 Å². The molecule has 4 nitrogen and oxygen atoms in total. The van der Waals surface area contributed by atoms with Gasteiger partial charge in [0, 0.05) is 25.9 Å². The topological polar surface area (TPSA) is 38.1 Å². The Kier molecular flexibility index (Phi) is 4.93. The van der Waals surface area contributed by atoms with Crippen molar-refractivity contribution in [1.82, 2.24) is 14.7 Å². The highest BCUT2D eigenvalue weighted by Crippen LogP contribution is 2.29. The van der Waals surface area contributed by atoms with Gasteiger partial charge in [-0.25, -0.2) is 0 Å². The second-order valence-electron chi connectivity index (χ2n) is 6.57. The van der Waals surface area contributed by atoms with E-state index in [-0.39, 0.29) is 5.91 Å². The molecule has 0 bridgehead atoms. The Morgan fingerprint density at radius 3 is 2.30 bits per heavy atom. The summed E-state index contributed by atoms with van der Waals surface area (Å²) in [6, 6.07) is 8.36. The number of aryl methyl sites for hydroxylation is 2. The van der Waals surface area contributed by atoms with Gasteiger partial charge in [0.15, 0.2) is 0 Å². The van der Waals surface area contributed by atoms with E-state index in [2.05, 4.69) is 32.0 Å². The Morgan fingerprint density at radius 2 is 1.74 bits per heavy atom. The van der Waals surface area contributed by atoms with Crippen molar-refractivity contribution in [1.29, 1.82) is 0 Å². The zero-order valence-electron chi connectivity index (χ0n) is 15.1. The molecule has 0 atom stereocenters. The zero-order valence-corrected chi connectivity index (χ0v) is 15.1. The van der Waals surface area contributed by atoms with Crippen molar-refractivity contribution < 1.29 is 4.79 Å². The van der Waals surface area contributed by atoms with Crippen molar-refractivity contribution >= 4 is 5.91 Å². The van der Waals surface area contributed by atoms with E-state index in [0.29, 0.717) is 0 Å². The summed E-state index contributed by atoms with van der Waals surface area (Å²) < 4.78 is 1.82. The smallest absolute Gasteiger partial charge is 0.249 e. The van der Waals surface area contributed by atoms with Crippen LogP contribution in [0.5, 0.6) is 0 Å². The third kappa shape index (κ3) is 3.16. The highest BCUT2D eigenvalue weighted by molar-refractivity contribution is 5.83. The molecule has 1 aromatic heterocycles. The van der Waals surface area contributed by atoms with Gasteiger partial charge in [0.2, 0.25) is 5.91 Å². The van der Waals surface area contributed by atoms with Crippen molar-refractivity contribution in [3.63, 3.8) is 0 Å². The molecule has 1 aromatic carbocycles. The first-order valence-electron chi connectivity index (χ1n) is 8.21. The molecule has 23 heavy (non-hydrogen) atoms. The lowest BCUT2D eigenvalue weighted by Crippen LogP contribution is -2.44. The summed E-state index contributed by atoms with van der Waals surface area (Å²) in [5.41, 5.74) is 3.91. The van der Waals surface area contributed by atoms with E-state index in [9.17, 15) is 4.79 Å². The van der Waals surface area contributed by atoms with Crippen LogP contribution in [0.2, 0.25) is 0 Å². The number of carbonyl (C=O) groups excluding carboxylic acids is 1. The lowest BCUT2D eigenvalue weighted by Gasteiger charge is -2.27. The van der Waals surface area contributed by atoms with Crippen LogP contribution in [0.3, 0.4) is 0 Å². The number of hydrogen-bond donors (Lipinski definition) is 0. The standard InChI is InChI=1S/C19H27N3O/c1-7-14-11-9-10-12-16(14)17-15(8-2)13-22(20-17)19(3,4)18(23)21(5)6/h9-13H,7-8H2,1-6H3. The van der Waals surface area contributed by atoms with Gasteiger partial charge in [-0.2, -0.15) is 5.10 Å². The molecule has 2 aromatic rings. The molecule has 0 unspecified atom stereocenters. The Labute approximate surface area is 139 Å². The molecule has 124 valence electrons. The molecule has 2 rings (SSSR count). The summed E-state index contributed by atoms with van der Waals surface area (Å²) in [4.78, 5) is 14.1. The van der Waals surface area contributed by atoms with Crippen LogP contribution in [0.1, 0.15) is 38.8 Å². The summed E-state index contributed by atoms with van der Waals surface area (Å²) in [5.74, 6) is 0.0398. The molecule has 0 saturated heterocycles. The molecule has 0 aliphatic heterocycles. The summed E-state index contributed by atoms with van der Waals surface area (Å²) in [7, 11) is 3.56. The Hall–Kier alpha value is -2.10. The van der Waals surface area contributed by atoms with Crippen LogP contribution in [0.25, 0.3) is 11.3 Å². The van der Waals surface area contributed by atoms with Gasteiger partial charge in [-0.1, -0.05) is 38.1 Å². The van der Waals surface area contributed by atoms with Gasteiger partial charge in [0.25, 0.3) is 0 Å². The van der Waals surface area contributed by atoms with Crippen molar-refractivity contribution in [3.8, 4) is 11.3 Å². The van der Waals surface area contributed by atoms with Crippen LogP contribution < -0.4 is 0 Å². The predicted molar refractivity (Wildman–Crippen MR) is 94.4 cm³/mol. The van der Waals surface area contributed by atoms with Crippen LogP contribution in [0.15, 0.2) is 30.5 Å². The fourth-order valence-electron chi connectivity index (χ4n) is 2.89. The second-order valence-corrected chi connectivity index (χ2v) is 6.57. The van der Waals surface area contributed by atoms with E-state index < -0.39 is 5.54 Å². The van der Waals surface area contributed by atoms with E-state index in [1.807, 2.05) is 30.8 Å². The molecule has 1 heterocycles. The Bertz CT molecular complexity index is 698. The summed E-state index contributed by atoms with van der Waals surface area (Å²) >= 11 is 0. The number of aromatic nitrogens is 2. The van der Waals surface area contributed by atoms with Crippen molar-refractivity contribution in [3.05, 3.63) is 41.6 Å². The molecule has 0 spiro atoms. The maximum absolute atomic E-state index is 12.5. The third-order valence-electron chi connectivity index (χ3n) is 4.33. The zero-order chi connectivity index (χ0) is 17.2. The van der Waals surface area contributed by atoms with Gasteiger partial charge in [-0.05, 0) is 37.8 Å². The first-order chi connectivity index (χ1) is 10.8. The number of hydrogen-bond acceptors (Lipinski definition) is 2. The minimum atomic E-state index is -0.702. The molecule has 4 heteroatoms. The van der Waals surface area contributed by atoms with Gasteiger partial charge in [0.1, 0.15) is 5.54 Å². The van der Waals surface area contributed by atoms with Crippen LogP contribution >= 0.6 is 0 Å². The highest BCUT2D eigenvalue weighted by atomic mass is 16.2. The first kappa shape index (κ1) is 17.3. The maximum atomic E-state index is 12.5. The summed E-state index contributed by atoms with van der Waals surface area (Å²) in [5, 5.41) is 4.80. The summed E-state index contributed by atoms with van der Waals surface area (Å²) in [6.45, 7) is 8.11. The molecule has 0 fully saturated rings. The van der Waals surface area contributed by atoms with Gasteiger partial charge < -0.3 is 4.90 Å². The van der Waals surface area contributed by atoms with E-state index in [4.69, 9.17) is 5.10 Å². The van der Waals surface area contributed by atoms with Crippen LogP contribution in [0, 0.1) is 0 Å². The SMILES string of the molecule is CCc1ccccc1-c1nn(C(C)(C)C(=O)N(C)C)cc1CC. The monoisotopic (exact) mass is 313 g/mol. The molecule has 1 amide bonds. The van der Waals surface area contributed by atoms with Crippen LogP contribution in [-0.2, 0) is 23.2 Å². The van der Waals surface area contributed by atoms with E-state index in [1.165, 1.54) is 16.7 Å². The number of carbonyl (C=O) groups is 1.